The maximum Gasteiger partial charge on any atom is 0.337 e. The minimum absolute atomic E-state index is 0.159. The van der Waals surface area contributed by atoms with Gasteiger partial charge in [0.2, 0.25) is 0 Å². The van der Waals surface area contributed by atoms with Gasteiger partial charge in [-0.05, 0) is 66.8 Å². The summed E-state index contributed by atoms with van der Waals surface area (Å²) in [5.41, 5.74) is 3.88. The van der Waals surface area contributed by atoms with Gasteiger partial charge in [0.1, 0.15) is 16.7 Å². The Hall–Kier alpha value is -3.13. The number of aliphatic hydroxyl groups excluding tert-OH is 1. The highest BCUT2D eigenvalue weighted by Gasteiger charge is 2.20. The largest absolute Gasteiger partial charge is 0.478 e. The topological polar surface area (TPSA) is 104 Å². The highest BCUT2D eigenvalue weighted by molar-refractivity contribution is 6.29. The summed E-state index contributed by atoms with van der Waals surface area (Å²) in [5, 5.41) is 26.6. The fraction of sp³-hybridized carbons (Fsp3) is 0.280. The lowest BCUT2D eigenvalue weighted by molar-refractivity contribution is 0.0697. The molecule has 1 heterocycles. The van der Waals surface area contributed by atoms with Crippen LogP contribution in [0.5, 0.6) is 11.5 Å². The number of halogens is 1. The normalized spacial score (nSPS) is 16.0. The maximum absolute atomic E-state index is 11.5. The van der Waals surface area contributed by atoms with Crippen molar-refractivity contribution in [2.75, 3.05) is 18.9 Å². The molecule has 0 unspecified atom stereocenters. The molecule has 3 aromatic rings. The number of nitrogens with one attached hydrogen (secondary N) is 2. The quantitative estimate of drug-likeness (QED) is 0.363. The molecular formula is C25H26ClN3O4. The average molecular weight is 468 g/mol. The van der Waals surface area contributed by atoms with Crippen molar-refractivity contribution in [2.24, 2.45) is 0 Å². The number of hydrogen-bond acceptors (Lipinski definition) is 6. The fourth-order valence-corrected chi connectivity index (χ4v) is 4.18. The number of aryl methyl sites for hydroxylation is 1. The molecule has 2 aromatic carbocycles. The lowest BCUT2D eigenvalue weighted by atomic mass is 9.88. The molecule has 0 aliphatic heterocycles. The van der Waals surface area contributed by atoms with Gasteiger partial charge < -0.3 is 25.6 Å². The van der Waals surface area contributed by atoms with Crippen molar-refractivity contribution in [3.63, 3.8) is 0 Å². The highest BCUT2D eigenvalue weighted by atomic mass is 35.5. The van der Waals surface area contributed by atoms with Crippen LogP contribution in [0, 0.1) is 0 Å². The molecule has 0 spiro atoms. The van der Waals surface area contributed by atoms with Crippen molar-refractivity contribution in [1.82, 2.24) is 10.3 Å². The summed E-state index contributed by atoms with van der Waals surface area (Å²) in [5.74, 6) is 0.118. The average Bonchev–Trinajstić information content (AvgIpc) is 2.82. The summed E-state index contributed by atoms with van der Waals surface area (Å²) in [6, 6.07) is 14.6. The van der Waals surface area contributed by atoms with Crippen LogP contribution in [0.25, 0.3) is 0 Å². The molecule has 0 amide bonds. The number of ether oxygens (including phenoxy) is 1. The van der Waals surface area contributed by atoms with Crippen LogP contribution in [0.2, 0.25) is 5.15 Å². The molecule has 0 saturated carbocycles. The van der Waals surface area contributed by atoms with Crippen molar-refractivity contribution >= 4 is 23.3 Å². The van der Waals surface area contributed by atoms with Crippen molar-refractivity contribution in [3.05, 3.63) is 82.1 Å². The number of rotatable bonds is 8. The van der Waals surface area contributed by atoms with Crippen LogP contribution >= 0.6 is 11.6 Å². The van der Waals surface area contributed by atoms with E-state index in [4.69, 9.17) is 16.3 Å². The van der Waals surface area contributed by atoms with Gasteiger partial charge in [-0.1, -0.05) is 23.7 Å². The Labute approximate surface area is 197 Å². The molecule has 0 saturated heterocycles. The predicted molar refractivity (Wildman–Crippen MR) is 127 cm³/mol. The second-order valence-electron chi connectivity index (χ2n) is 8.07. The first kappa shape index (κ1) is 23.0. The van der Waals surface area contributed by atoms with E-state index >= 15 is 0 Å². The van der Waals surface area contributed by atoms with E-state index in [1.807, 2.05) is 12.1 Å². The van der Waals surface area contributed by atoms with Gasteiger partial charge in [0.15, 0.2) is 0 Å². The molecule has 1 aliphatic carbocycles. The lowest BCUT2D eigenvalue weighted by Crippen LogP contribution is -2.37. The molecule has 2 atom stereocenters. The smallest absolute Gasteiger partial charge is 0.337 e. The van der Waals surface area contributed by atoms with Crippen LogP contribution in [0.3, 0.4) is 0 Å². The van der Waals surface area contributed by atoms with E-state index in [0.29, 0.717) is 28.9 Å². The molecule has 33 heavy (non-hydrogen) atoms. The van der Waals surface area contributed by atoms with Gasteiger partial charge in [-0.3, -0.25) is 0 Å². The van der Waals surface area contributed by atoms with Crippen LogP contribution in [0.15, 0.2) is 54.7 Å². The number of aromatic carboxylic acids is 1. The number of hydrogen-bond donors (Lipinski definition) is 4. The van der Waals surface area contributed by atoms with E-state index in [1.165, 1.54) is 17.2 Å². The zero-order valence-electron chi connectivity index (χ0n) is 18.2. The van der Waals surface area contributed by atoms with Gasteiger partial charge >= 0.3 is 5.97 Å². The molecular weight excluding hydrogens is 442 g/mol. The standard InChI is InChI=1S/C25H26ClN3O4/c1-27-22-8-7-20(12-21(22)25(31)32)33-19-6-3-15-2-5-18(10-17(15)11-19)28-14-23(30)16-4-9-24(26)29-13-16/h3-4,6-9,11-13,18,23,27-28,30H,2,5,10,14H2,1H3,(H,31,32)/t18-,23+/m0/s1. The number of anilines is 1. The van der Waals surface area contributed by atoms with Crippen molar-refractivity contribution in [3.8, 4) is 11.5 Å². The molecule has 0 fully saturated rings. The van der Waals surface area contributed by atoms with Crippen molar-refractivity contribution in [1.29, 1.82) is 0 Å². The SMILES string of the molecule is CNc1ccc(Oc2ccc3c(c2)C[C@@H](NC[C@@H](O)c2ccc(Cl)nc2)CC3)cc1C(=O)O. The molecule has 1 aromatic heterocycles. The first-order chi connectivity index (χ1) is 15.9. The minimum atomic E-state index is -1.01. The first-order valence-corrected chi connectivity index (χ1v) is 11.2. The molecule has 4 rings (SSSR count). The number of aromatic nitrogens is 1. The maximum atomic E-state index is 11.5. The number of aliphatic hydroxyl groups is 1. The van der Waals surface area contributed by atoms with E-state index in [-0.39, 0.29) is 11.6 Å². The zero-order valence-corrected chi connectivity index (χ0v) is 19.0. The van der Waals surface area contributed by atoms with Gasteiger partial charge in [-0.25, -0.2) is 9.78 Å². The molecule has 172 valence electrons. The Bertz CT molecular complexity index is 1140. The Kier molecular flexibility index (Phi) is 7.13. The first-order valence-electron chi connectivity index (χ1n) is 10.8. The van der Waals surface area contributed by atoms with Crippen LogP contribution in [-0.2, 0) is 12.8 Å². The van der Waals surface area contributed by atoms with Gasteiger partial charge in [-0.2, -0.15) is 0 Å². The zero-order chi connectivity index (χ0) is 23.4. The van der Waals surface area contributed by atoms with E-state index in [9.17, 15) is 15.0 Å². The van der Waals surface area contributed by atoms with Crippen LogP contribution < -0.4 is 15.4 Å². The van der Waals surface area contributed by atoms with Crippen LogP contribution in [-0.4, -0.2) is 40.8 Å². The molecule has 0 bridgehead atoms. The van der Waals surface area contributed by atoms with E-state index in [0.717, 1.165) is 24.8 Å². The van der Waals surface area contributed by atoms with Crippen molar-refractivity contribution in [2.45, 2.75) is 31.4 Å². The number of carboxylic acids is 1. The number of pyridine rings is 1. The van der Waals surface area contributed by atoms with E-state index in [1.54, 1.807) is 37.5 Å². The summed E-state index contributed by atoms with van der Waals surface area (Å²) in [7, 11) is 1.68. The summed E-state index contributed by atoms with van der Waals surface area (Å²) >= 11 is 5.81. The van der Waals surface area contributed by atoms with Gasteiger partial charge in [0.05, 0.1) is 11.7 Å². The summed E-state index contributed by atoms with van der Waals surface area (Å²) in [6.45, 7) is 0.426. The third-order valence-electron chi connectivity index (χ3n) is 5.87. The predicted octanol–water partition coefficient (Wildman–Crippen LogP) is 4.45. The number of carbonyl (C=O) groups is 1. The van der Waals surface area contributed by atoms with Crippen molar-refractivity contribution < 1.29 is 19.7 Å². The molecule has 8 heteroatoms. The van der Waals surface area contributed by atoms with Gasteiger partial charge in [-0.15, -0.1) is 0 Å². The molecule has 7 nitrogen and oxygen atoms in total. The molecule has 1 aliphatic rings. The second-order valence-corrected chi connectivity index (χ2v) is 8.46. The summed E-state index contributed by atoms with van der Waals surface area (Å²) in [4.78, 5) is 15.5. The van der Waals surface area contributed by atoms with E-state index < -0.39 is 12.1 Å². The Balaban J connectivity index is 1.40. The number of carboxylic acid groups (broad SMARTS) is 1. The van der Waals surface area contributed by atoms with E-state index in [2.05, 4.69) is 21.7 Å². The molecule has 0 radical (unpaired) electrons. The minimum Gasteiger partial charge on any atom is -0.478 e. The highest BCUT2D eigenvalue weighted by Crippen LogP contribution is 2.30. The summed E-state index contributed by atoms with van der Waals surface area (Å²) < 4.78 is 5.97. The number of fused-ring (bicyclic) bond motifs is 1. The lowest BCUT2D eigenvalue weighted by Gasteiger charge is -2.27. The monoisotopic (exact) mass is 467 g/mol. The Morgan fingerprint density at radius 2 is 1.97 bits per heavy atom. The third-order valence-corrected chi connectivity index (χ3v) is 6.09. The Morgan fingerprint density at radius 1 is 1.18 bits per heavy atom. The summed E-state index contributed by atoms with van der Waals surface area (Å²) in [6.07, 6.45) is 3.66. The number of nitrogens with zero attached hydrogens (tertiary/aromatic N) is 1. The fourth-order valence-electron chi connectivity index (χ4n) is 4.07. The molecule has 4 N–H and O–H groups in total. The van der Waals surface area contributed by atoms with Gasteiger partial charge in [0.25, 0.3) is 0 Å². The Morgan fingerprint density at radius 3 is 2.70 bits per heavy atom. The van der Waals surface area contributed by atoms with Gasteiger partial charge in [0, 0.05) is 37.1 Å². The second kappa shape index (κ2) is 10.2. The van der Waals surface area contributed by atoms with Crippen LogP contribution in [0.1, 0.15) is 39.6 Å². The van der Waals surface area contributed by atoms with Crippen LogP contribution in [0.4, 0.5) is 5.69 Å². The number of benzene rings is 2. The third kappa shape index (κ3) is 5.63.